The number of anilines is 1. The van der Waals surface area contributed by atoms with E-state index in [1.165, 1.54) is 6.20 Å². The van der Waals surface area contributed by atoms with Crippen LogP contribution >= 0.6 is 0 Å². The number of nitrogens with two attached hydrogens (primary N) is 1. The van der Waals surface area contributed by atoms with Gasteiger partial charge in [-0.2, -0.15) is 0 Å². The Balaban J connectivity index is 2.23. The largest absolute Gasteiger partial charge is 0.477 e. The lowest BCUT2D eigenvalue weighted by Gasteiger charge is -2.21. The molecule has 1 aromatic heterocycles. The van der Waals surface area contributed by atoms with Gasteiger partial charge in [-0.05, 0) is 25.0 Å². The molecule has 3 rings (SSSR count). The molecule has 1 aliphatic heterocycles. The molecule has 1 aromatic carbocycles. The molecule has 1 fully saturated rings. The van der Waals surface area contributed by atoms with Crippen LogP contribution in [0.1, 0.15) is 24.2 Å². The number of carboxylic acids is 1. The van der Waals surface area contributed by atoms with Crippen LogP contribution in [0.15, 0.2) is 23.1 Å². The SMILES string of the molecule is CCn1cc(C(=O)O)c(=O)c2cc(F)c(N3C[C@@H](N)[C@@H](C)C3)cc21. The number of fused-ring (bicyclic) bond motifs is 1. The molecule has 0 radical (unpaired) electrons. The van der Waals surface area contributed by atoms with E-state index in [4.69, 9.17) is 5.73 Å². The van der Waals surface area contributed by atoms with Crippen molar-refractivity contribution in [2.75, 3.05) is 18.0 Å². The van der Waals surface area contributed by atoms with E-state index in [0.717, 1.165) is 6.07 Å². The molecule has 0 amide bonds. The number of aromatic nitrogens is 1. The normalized spacial score (nSPS) is 20.8. The number of carboxylic acid groups (broad SMARTS) is 1. The number of halogens is 1. The number of aromatic carboxylic acids is 1. The Kier molecular flexibility index (Phi) is 4.04. The van der Waals surface area contributed by atoms with Crippen molar-refractivity contribution < 1.29 is 14.3 Å². The van der Waals surface area contributed by atoms with E-state index in [1.807, 2.05) is 18.7 Å². The van der Waals surface area contributed by atoms with E-state index >= 15 is 0 Å². The number of aryl methyl sites for hydroxylation is 1. The number of nitrogens with zero attached hydrogens (tertiary/aromatic N) is 2. The molecular weight excluding hydrogens is 313 g/mol. The molecule has 1 aliphatic rings. The lowest BCUT2D eigenvalue weighted by molar-refractivity contribution is 0.0695. The number of hydrogen-bond acceptors (Lipinski definition) is 4. The van der Waals surface area contributed by atoms with Crippen LogP contribution in [-0.2, 0) is 6.54 Å². The smallest absolute Gasteiger partial charge is 0.341 e. The second-order valence-corrected chi connectivity index (χ2v) is 6.33. The Labute approximate surface area is 138 Å². The van der Waals surface area contributed by atoms with Gasteiger partial charge in [-0.25, -0.2) is 9.18 Å². The highest BCUT2D eigenvalue weighted by Gasteiger charge is 2.29. The van der Waals surface area contributed by atoms with Crippen molar-refractivity contribution in [1.29, 1.82) is 0 Å². The van der Waals surface area contributed by atoms with Gasteiger partial charge in [0.2, 0.25) is 5.43 Å². The molecule has 0 aliphatic carbocycles. The summed E-state index contributed by atoms with van der Waals surface area (Å²) in [6.45, 7) is 5.52. The lowest BCUT2D eigenvalue weighted by atomic mass is 10.1. The second kappa shape index (κ2) is 5.90. The Bertz CT molecular complexity index is 867. The molecule has 0 unspecified atom stereocenters. The van der Waals surface area contributed by atoms with E-state index in [1.54, 1.807) is 10.6 Å². The first kappa shape index (κ1) is 16.4. The quantitative estimate of drug-likeness (QED) is 0.891. The van der Waals surface area contributed by atoms with E-state index in [0.29, 0.717) is 30.8 Å². The van der Waals surface area contributed by atoms with Crippen molar-refractivity contribution in [2.45, 2.75) is 26.4 Å². The summed E-state index contributed by atoms with van der Waals surface area (Å²) in [5, 5.41) is 9.25. The van der Waals surface area contributed by atoms with Crippen LogP contribution in [0.3, 0.4) is 0 Å². The van der Waals surface area contributed by atoms with Crippen LogP contribution in [0.5, 0.6) is 0 Å². The standard InChI is InChI=1S/C17H20FN3O3/c1-3-20-7-11(17(23)24)16(22)10-4-12(18)15(5-14(10)20)21-6-9(2)13(19)8-21/h4-5,7,9,13H,3,6,8,19H2,1-2H3,(H,23,24)/t9-,13+/m0/s1. The van der Waals surface area contributed by atoms with Crippen molar-refractivity contribution in [3.63, 3.8) is 0 Å². The summed E-state index contributed by atoms with van der Waals surface area (Å²) in [4.78, 5) is 25.4. The van der Waals surface area contributed by atoms with Gasteiger partial charge < -0.3 is 20.3 Å². The lowest BCUT2D eigenvalue weighted by Crippen LogP contribution is -2.29. The highest BCUT2D eigenvalue weighted by molar-refractivity contribution is 5.93. The highest BCUT2D eigenvalue weighted by atomic mass is 19.1. The van der Waals surface area contributed by atoms with Gasteiger partial charge in [0.15, 0.2) is 0 Å². The molecule has 128 valence electrons. The summed E-state index contributed by atoms with van der Waals surface area (Å²) in [5.41, 5.74) is 5.92. The van der Waals surface area contributed by atoms with Gasteiger partial charge in [-0.15, -0.1) is 0 Å². The highest BCUT2D eigenvalue weighted by Crippen LogP contribution is 2.29. The first-order valence-corrected chi connectivity index (χ1v) is 7.94. The average Bonchev–Trinajstić information content (AvgIpc) is 2.86. The van der Waals surface area contributed by atoms with Crippen molar-refractivity contribution in [3.8, 4) is 0 Å². The summed E-state index contributed by atoms with van der Waals surface area (Å²) in [6, 6.07) is 2.73. The summed E-state index contributed by atoms with van der Waals surface area (Å²) >= 11 is 0. The third-order valence-corrected chi connectivity index (χ3v) is 4.73. The number of hydrogen-bond donors (Lipinski definition) is 2. The monoisotopic (exact) mass is 333 g/mol. The number of rotatable bonds is 3. The zero-order valence-corrected chi connectivity index (χ0v) is 13.6. The number of benzene rings is 1. The molecule has 1 saturated heterocycles. The summed E-state index contributed by atoms with van der Waals surface area (Å²) in [7, 11) is 0. The van der Waals surface area contributed by atoms with Crippen LogP contribution in [-0.4, -0.2) is 34.8 Å². The molecule has 6 nitrogen and oxygen atoms in total. The topological polar surface area (TPSA) is 88.6 Å². The molecule has 0 bridgehead atoms. The van der Waals surface area contributed by atoms with E-state index in [9.17, 15) is 19.1 Å². The second-order valence-electron chi connectivity index (χ2n) is 6.33. The third kappa shape index (κ3) is 2.54. The van der Waals surface area contributed by atoms with Gasteiger partial charge in [-0.3, -0.25) is 4.79 Å². The minimum atomic E-state index is -1.31. The van der Waals surface area contributed by atoms with E-state index < -0.39 is 17.2 Å². The predicted molar refractivity (Wildman–Crippen MR) is 90.2 cm³/mol. The summed E-state index contributed by atoms with van der Waals surface area (Å²) in [5.74, 6) is -1.60. The zero-order valence-electron chi connectivity index (χ0n) is 13.6. The van der Waals surface area contributed by atoms with Gasteiger partial charge in [0.05, 0.1) is 11.2 Å². The van der Waals surface area contributed by atoms with Gasteiger partial charge in [0, 0.05) is 37.3 Å². The van der Waals surface area contributed by atoms with Crippen molar-refractivity contribution in [2.24, 2.45) is 11.7 Å². The van der Waals surface area contributed by atoms with Crippen LogP contribution in [0.2, 0.25) is 0 Å². The summed E-state index contributed by atoms with van der Waals surface area (Å²) < 4.78 is 16.3. The summed E-state index contributed by atoms with van der Waals surface area (Å²) in [6.07, 6.45) is 1.31. The molecule has 2 aromatic rings. The predicted octanol–water partition coefficient (Wildman–Crippen LogP) is 1.64. The van der Waals surface area contributed by atoms with Crippen molar-refractivity contribution in [1.82, 2.24) is 4.57 Å². The Morgan fingerprint density at radius 2 is 2.12 bits per heavy atom. The van der Waals surface area contributed by atoms with Gasteiger partial charge in [0.25, 0.3) is 0 Å². The zero-order chi connectivity index (χ0) is 17.6. The molecule has 7 heteroatoms. The van der Waals surface area contributed by atoms with Crippen LogP contribution in [0.25, 0.3) is 10.9 Å². The minimum absolute atomic E-state index is 0.0251. The molecule has 0 saturated carbocycles. The number of pyridine rings is 1. The molecular formula is C17H20FN3O3. The van der Waals surface area contributed by atoms with E-state index in [2.05, 4.69) is 0 Å². The average molecular weight is 333 g/mol. The first-order valence-electron chi connectivity index (χ1n) is 7.94. The maximum atomic E-state index is 14.6. The Morgan fingerprint density at radius 3 is 2.67 bits per heavy atom. The first-order chi connectivity index (χ1) is 11.3. The Hall–Kier alpha value is -2.41. The van der Waals surface area contributed by atoms with Crippen molar-refractivity contribution in [3.05, 3.63) is 39.9 Å². The van der Waals surface area contributed by atoms with Crippen LogP contribution in [0, 0.1) is 11.7 Å². The molecule has 24 heavy (non-hydrogen) atoms. The van der Waals surface area contributed by atoms with Crippen molar-refractivity contribution >= 4 is 22.6 Å². The fourth-order valence-corrected chi connectivity index (χ4v) is 3.24. The Morgan fingerprint density at radius 1 is 1.42 bits per heavy atom. The fraction of sp³-hybridized carbons (Fsp3) is 0.412. The number of carbonyl (C=O) groups is 1. The van der Waals surface area contributed by atoms with Crippen LogP contribution < -0.4 is 16.1 Å². The minimum Gasteiger partial charge on any atom is -0.477 e. The molecule has 0 spiro atoms. The molecule has 3 N–H and O–H groups in total. The molecule has 2 heterocycles. The van der Waals surface area contributed by atoms with Gasteiger partial charge in [0.1, 0.15) is 11.4 Å². The fourth-order valence-electron chi connectivity index (χ4n) is 3.24. The van der Waals surface area contributed by atoms with Gasteiger partial charge in [-0.1, -0.05) is 6.92 Å². The van der Waals surface area contributed by atoms with Crippen LogP contribution in [0.4, 0.5) is 10.1 Å². The van der Waals surface area contributed by atoms with Gasteiger partial charge >= 0.3 is 5.97 Å². The third-order valence-electron chi connectivity index (χ3n) is 4.73. The molecule has 2 atom stereocenters. The maximum Gasteiger partial charge on any atom is 0.341 e. The maximum absolute atomic E-state index is 14.6. The van der Waals surface area contributed by atoms with E-state index in [-0.39, 0.29) is 22.9 Å².